The molecule has 44 valence electrons. The van der Waals surface area contributed by atoms with Crippen LogP contribution in [0.5, 0.6) is 0 Å². The zero-order valence-electron chi connectivity index (χ0n) is 4.74. The van der Waals surface area contributed by atoms with E-state index in [1.165, 1.54) is 0 Å². The molecule has 0 aromatic carbocycles. The summed E-state index contributed by atoms with van der Waals surface area (Å²) in [5.74, 6) is 0.951. The van der Waals surface area contributed by atoms with Crippen molar-refractivity contribution in [1.29, 1.82) is 0 Å². The van der Waals surface area contributed by atoms with Crippen LogP contribution in [-0.2, 0) is 5.88 Å². The summed E-state index contributed by atoms with van der Waals surface area (Å²) in [6.45, 7) is 0. The van der Waals surface area contributed by atoms with E-state index < -0.39 is 0 Å². The molecular formula is C5H8N2S. The van der Waals surface area contributed by atoms with Gasteiger partial charge >= 0.3 is 0 Å². The Morgan fingerprint density at radius 2 is 2.62 bits per heavy atom. The topological polar surface area (TPSA) is 17.8 Å². The molecule has 0 saturated heterocycles. The molecule has 0 saturated carbocycles. The lowest BCUT2D eigenvalue weighted by molar-refractivity contribution is 0.752. The van der Waals surface area contributed by atoms with E-state index in [4.69, 9.17) is 0 Å². The van der Waals surface area contributed by atoms with E-state index in [2.05, 4.69) is 11.4 Å². The van der Waals surface area contributed by atoms with Crippen molar-refractivity contribution < 1.29 is 0 Å². The minimum absolute atomic E-state index is 0.951. The molecule has 0 aliphatic heterocycles. The van der Waals surface area contributed by atoms with Gasteiger partial charge in [-0.15, -0.1) is 11.8 Å². The van der Waals surface area contributed by atoms with Crippen molar-refractivity contribution in [3.8, 4) is 0 Å². The van der Waals surface area contributed by atoms with Gasteiger partial charge in [0.05, 0.1) is 5.88 Å². The average molecular weight is 128 g/mol. The van der Waals surface area contributed by atoms with Gasteiger partial charge in [-0.1, -0.05) is 0 Å². The molecule has 0 fully saturated rings. The highest BCUT2D eigenvalue weighted by Crippen LogP contribution is 1.95. The first-order valence-corrected chi connectivity index (χ1v) is 3.79. The van der Waals surface area contributed by atoms with E-state index in [9.17, 15) is 0 Å². The van der Waals surface area contributed by atoms with E-state index in [-0.39, 0.29) is 0 Å². The maximum Gasteiger partial charge on any atom is 0.0860 e. The van der Waals surface area contributed by atoms with Gasteiger partial charge in [0.2, 0.25) is 0 Å². The third-order valence-corrected chi connectivity index (χ3v) is 1.34. The molecule has 0 aliphatic carbocycles. The Bertz CT molecular complexity index is 136. The molecule has 1 aromatic heterocycles. The van der Waals surface area contributed by atoms with Gasteiger partial charge in [0.25, 0.3) is 0 Å². The Morgan fingerprint density at radius 1 is 1.75 bits per heavy atom. The van der Waals surface area contributed by atoms with E-state index in [1.54, 1.807) is 18.0 Å². The first-order chi connectivity index (χ1) is 3.93. The summed E-state index contributed by atoms with van der Waals surface area (Å²) in [4.78, 5) is 0. The molecule has 0 unspecified atom stereocenters. The molecule has 8 heavy (non-hydrogen) atoms. The molecule has 1 rings (SSSR count). The lowest BCUT2D eigenvalue weighted by atomic mass is 10.8. The van der Waals surface area contributed by atoms with Crippen molar-refractivity contribution >= 4 is 11.8 Å². The van der Waals surface area contributed by atoms with Crippen LogP contribution in [0.15, 0.2) is 18.5 Å². The van der Waals surface area contributed by atoms with Crippen LogP contribution in [0.3, 0.4) is 0 Å². The molecule has 0 bridgehead atoms. The highest BCUT2D eigenvalue weighted by Gasteiger charge is 1.82. The largest absolute Gasteiger partial charge is 0.263 e. The molecule has 0 N–H and O–H groups in total. The quantitative estimate of drug-likeness (QED) is 0.595. The van der Waals surface area contributed by atoms with Gasteiger partial charge in [0, 0.05) is 12.4 Å². The van der Waals surface area contributed by atoms with Crippen LogP contribution in [0.25, 0.3) is 0 Å². The maximum absolute atomic E-state index is 4.00. The van der Waals surface area contributed by atoms with Crippen LogP contribution >= 0.6 is 11.8 Å². The fourth-order valence-electron chi connectivity index (χ4n) is 0.509. The number of nitrogens with zero attached hydrogens (tertiary/aromatic N) is 2. The molecule has 0 amide bonds. The van der Waals surface area contributed by atoms with E-state index in [1.807, 2.05) is 16.9 Å². The van der Waals surface area contributed by atoms with Crippen LogP contribution in [-0.4, -0.2) is 16.0 Å². The Morgan fingerprint density at radius 3 is 3.12 bits per heavy atom. The second-order valence-electron chi connectivity index (χ2n) is 1.46. The van der Waals surface area contributed by atoms with Gasteiger partial charge in [-0.25, -0.2) is 0 Å². The third kappa shape index (κ3) is 1.26. The Balaban J connectivity index is 2.50. The number of rotatable bonds is 2. The summed E-state index contributed by atoms with van der Waals surface area (Å²) >= 11 is 1.76. The summed E-state index contributed by atoms with van der Waals surface area (Å²) in [5.41, 5.74) is 0. The lowest BCUT2D eigenvalue weighted by Gasteiger charge is -1.92. The molecule has 2 nitrogen and oxygen atoms in total. The molecule has 0 atom stereocenters. The normalized spacial score (nSPS) is 9.62. The number of aromatic nitrogens is 2. The second kappa shape index (κ2) is 2.77. The van der Waals surface area contributed by atoms with Crippen molar-refractivity contribution in [2.45, 2.75) is 5.88 Å². The van der Waals surface area contributed by atoms with Crippen LogP contribution in [0.4, 0.5) is 0 Å². The third-order valence-electron chi connectivity index (χ3n) is 0.821. The van der Waals surface area contributed by atoms with Gasteiger partial charge in [0.15, 0.2) is 0 Å². The van der Waals surface area contributed by atoms with Crippen LogP contribution in [0.2, 0.25) is 0 Å². The lowest BCUT2D eigenvalue weighted by Crippen LogP contribution is -1.91. The van der Waals surface area contributed by atoms with Crippen molar-refractivity contribution in [3.05, 3.63) is 18.5 Å². The summed E-state index contributed by atoms with van der Waals surface area (Å²) < 4.78 is 1.89. The summed E-state index contributed by atoms with van der Waals surface area (Å²) in [6, 6.07) is 1.93. The minimum atomic E-state index is 0.951. The van der Waals surface area contributed by atoms with Crippen LogP contribution in [0.1, 0.15) is 0 Å². The highest BCUT2D eigenvalue weighted by molar-refractivity contribution is 7.97. The molecule has 3 heteroatoms. The van der Waals surface area contributed by atoms with E-state index in [0.29, 0.717) is 0 Å². The monoisotopic (exact) mass is 128 g/mol. The zero-order chi connectivity index (χ0) is 5.82. The van der Waals surface area contributed by atoms with Gasteiger partial charge < -0.3 is 0 Å². The Hall–Kier alpha value is -0.440. The zero-order valence-corrected chi connectivity index (χ0v) is 5.56. The molecule has 0 aliphatic rings. The minimum Gasteiger partial charge on any atom is -0.263 e. The standard InChI is InChI=1S/C5H8N2S/c1-8-5-7-4-2-3-6-7/h2-4H,5H2,1H3. The smallest absolute Gasteiger partial charge is 0.0860 e. The Kier molecular flexibility index (Phi) is 1.97. The summed E-state index contributed by atoms with van der Waals surface area (Å²) in [6.07, 6.45) is 5.80. The van der Waals surface area contributed by atoms with Gasteiger partial charge in [-0.2, -0.15) is 5.10 Å². The van der Waals surface area contributed by atoms with Crippen LogP contribution in [0, 0.1) is 0 Å². The second-order valence-corrected chi connectivity index (χ2v) is 2.30. The van der Waals surface area contributed by atoms with Crippen molar-refractivity contribution in [3.63, 3.8) is 0 Å². The molecule has 1 aromatic rings. The maximum atomic E-state index is 4.00. The van der Waals surface area contributed by atoms with E-state index in [0.717, 1.165) is 5.88 Å². The number of thioether (sulfide) groups is 1. The number of hydrogen-bond acceptors (Lipinski definition) is 2. The number of hydrogen-bond donors (Lipinski definition) is 0. The predicted octanol–water partition coefficient (Wildman–Crippen LogP) is 1.20. The molecule has 1 heterocycles. The fraction of sp³-hybridized carbons (Fsp3) is 0.400. The van der Waals surface area contributed by atoms with E-state index >= 15 is 0 Å². The van der Waals surface area contributed by atoms with Crippen molar-refractivity contribution in [2.24, 2.45) is 0 Å². The predicted molar refractivity (Wildman–Crippen MR) is 35.7 cm³/mol. The average Bonchev–Trinajstić information content (AvgIpc) is 2.19. The SMILES string of the molecule is CSCn1cccn1. The highest BCUT2D eigenvalue weighted by atomic mass is 32.2. The van der Waals surface area contributed by atoms with Crippen molar-refractivity contribution in [2.75, 3.05) is 6.26 Å². The molecule has 0 spiro atoms. The van der Waals surface area contributed by atoms with Crippen LogP contribution < -0.4 is 0 Å². The van der Waals surface area contributed by atoms with Crippen molar-refractivity contribution in [1.82, 2.24) is 9.78 Å². The van der Waals surface area contributed by atoms with Gasteiger partial charge in [-0.3, -0.25) is 4.68 Å². The Labute approximate surface area is 52.9 Å². The first kappa shape index (κ1) is 5.69. The van der Waals surface area contributed by atoms with Gasteiger partial charge in [-0.05, 0) is 12.3 Å². The summed E-state index contributed by atoms with van der Waals surface area (Å²) in [7, 11) is 0. The molecular weight excluding hydrogens is 120 g/mol. The fourth-order valence-corrected chi connectivity index (χ4v) is 0.926. The summed E-state index contributed by atoms with van der Waals surface area (Å²) in [5, 5.41) is 4.00. The van der Waals surface area contributed by atoms with Gasteiger partial charge in [0.1, 0.15) is 0 Å². The first-order valence-electron chi connectivity index (χ1n) is 2.40. The molecule has 0 radical (unpaired) electrons.